The molecular weight excluding hydrogens is 270 g/mol. The third-order valence-electron chi connectivity index (χ3n) is 3.55. The molecule has 0 saturated heterocycles. The van der Waals surface area contributed by atoms with E-state index in [0.717, 1.165) is 36.5 Å². The maximum absolute atomic E-state index is 12.1. The molecule has 1 fully saturated rings. The number of rotatable bonds is 3. The summed E-state index contributed by atoms with van der Waals surface area (Å²) < 4.78 is 1.95. The van der Waals surface area contributed by atoms with E-state index in [1.807, 2.05) is 34.9 Å². The van der Waals surface area contributed by atoms with Crippen molar-refractivity contribution in [2.45, 2.75) is 42.5 Å². The molecule has 0 bridgehead atoms. The summed E-state index contributed by atoms with van der Waals surface area (Å²) in [6.07, 6.45) is 6.68. The van der Waals surface area contributed by atoms with Gasteiger partial charge in [-0.25, -0.2) is 0 Å². The first-order chi connectivity index (χ1) is 9.84. The lowest BCUT2D eigenvalue weighted by Crippen LogP contribution is -2.15. The molecule has 104 valence electrons. The Morgan fingerprint density at radius 3 is 2.85 bits per heavy atom. The van der Waals surface area contributed by atoms with Crippen molar-refractivity contribution < 1.29 is 4.79 Å². The van der Waals surface area contributed by atoms with Gasteiger partial charge >= 0.3 is 0 Å². The van der Waals surface area contributed by atoms with Crippen LogP contribution in [0.3, 0.4) is 0 Å². The molecule has 1 heterocycles. The molecule has 1 aliphatic rings. The third-order valence-corrected chi connectivity index (χ3v) is 4.82. The topological polar surface area (TPSA) is 47.8 Å². The number of hydrogen-bond donors (Lipinski definition) is 0. The van der Waals surface area contributed by atoms with Crippen LogP contribution in [-0.4, -0.2) is 25.8 Å². The van der Waals surface area contributed by atoms with Crippen molar-refractivity contribution in [3.63, 3.8) is 0 Å². The zero-order chi connectivity index (χ0) is 13.8. The molecule has 0 spiro atoms. The Balaban J connectivity index is 1.81. The highest BCUT2D eigenvalue weighted by Crippen LogP contribution is 2.30. The molecule has 1 aliphatic carbocycles. The molecule has 1 aromatic heterocycles. The van der Waals surface area contributed by atoms with Crippen LogP contribution in [0.5, 0.6) is 0 Å². The van der Waals surface area contributed by atoms with Gasteiger partial charge in [0.1, 0.15) is 12.1 Å². The van der Waals surface area contributed by atoms with E-state index in [1.165, 1.54) is 0 Å². The number of para-hydroxylation sites is 1. The number of aromatic nitrogens is 3. The predicted octanol–water partition coefficient (Wildman–Crippen LogP) is 3.26. The molecule has 1 aromatic carbocycles. The minimum absolute atomic E-state index is 0.0316. The van der Waals surface area contributed by atoms with Gasteiger partial charge in [-0.3, -0.25) is 9.36 Å². The Bertz CT molecular complexity index is 582. The molecule has 3 rings (SSSR count). The molecule has 0 amide bonds. The van der Waals surface area contributed by atoms with Gasteiger partial charge in [-0.2, -0.15) is 0 Å². The monoisotopic (exact) mass is 287 g/mol. The first-order valence-electron chi connectivity index (χ1n) is 6.99. The molecule has 5 heteroatoms. The van der Waals surface area contributed by atoms with Crippen molar-refractivity contribution in [1.29, 1.82) is 0 Å². The molecule has 0 unspecified atom stereocenters. The average molecular weight is 287 g/mol. The number of benzene rings is 1. The van der Waals surface area contributed by atoms with Crippen LogP contribution >= 0.6 is 11.8 Å². The van der Waals surface area contributed by atoms with E-state index in [9.17, 15) is 4.79 Å². The van der Waals surface area contributed by atoms with Crippen LogP contribution in [0, 0.1) is 0 Å². The number of nitrogens with zero attached hydrogens (tertiary/aromatic N) is 3. The smallest absolute Gasteiger partial charge is 0.196 e. The van der Waals surface area contributed by atoms with E-state index in [1.54, 1.807) is 18.1 Å². The van der Waals surface area contributed by atoms with Gasteiger partial charge < -0.3 is 0 Å². The Morgan fingerprint density at radius 2 is 2.00 bits per heavy atom. The quantitative estimate of drug-likeness (QED) is 0.813. The number of Topliss-reactive ketones (excluding diaryl/α,β-unsaturated/α-hetero) is 1. The Kier molecular flexibility index (Phi) is 4.16. The lowest BCUT2D eigenvalue weighted by molar-refractivity contribution is -0.118. The van der Waals surface area contributed by atoms with E-state index in [0.29, 0.717) is 12.2 Å². The van der Waals surface area contributed by atoms with Crippen molar-refractivity contribution in [3.8, 4) is 5.69 Å². The van der Waals surface area contributed by atoms with Gasteiger partial charge in [-0.15, -0.1) is 10.2 Å². The summed E-state index contributed by atoms with van der Waals surface area (Å²) >= 11 is 1.55. The Morgan fingerprint density at radius 1 is 1.15 bits per heavy atom. The molecule has 1 atom stereocenters. The average Bonchev–Trinajstić information content (AvgIpc) is 2.85. The van der Waals surface area contributed by atoms with Crippen LogP contribution in [0.2, 0.25) is 0 Å². The number of thioether (sulfide) groups is 1. The first kappa shape index (κ1) is 13.4. The summed E-state index contributed by atoms with van der Waals surface area (Å²) in [5, 5.41) is 9.00. The molecule has 2 aromatic rings. The zero-order valence-electron chi connectivity index (χ0n) is 11.2. The van der Waals surface area contributed by atoms with Crippen molar-refractivity contribution >= 4 is 17.5 Å². The minimum Gasteiger partial charge on any atom is -0.298 e. The van der Waals surface area contributed by atoms with Crippen LogP contribution in [0.1, 0.15) is 32.1 Å². The van der Waals surface area contributed by atoms with E-state index >= 15 is 0 Å². The number of ketones is 1. The summed E-state index contributed by atoms with van der Waals surface area (Å²) in [4.78, 5) is 12.1. The Labute approximate surface area is 122 Å². The molecule has 4 nitrogen and oxygen atoms in total. The van der Waals surface area contributed by atoms with Crippen LogP contribution in [0.15, 0.2) is 41.8 Å². The number of carbonyl (C=O) groups is 1. The maximum Gasteiger partial charge on any atom is 0.196 e. The minimum atomic E-state index is 0.0316. The van der Waals surface area contributed by atoms with Crippen LogP contribution < -0.4 is 0 Å². The molecule has 1 saturated carbocycles. The normalized spacial score (nSPS) is 19.8. The van der Waals surface area contributed by atoms with Gasteiger partial charge in [0.05, 0.1) is 5.25 Å². The number of hydrogen-bond acceptors (Lipinski definition) is 4. The van der Waals surface area contributed by atoms with E-state index in [4.69, 9.17) is 0 Å². The van der Waals surface area contributed by atoms with Gasteiger partial charge in [0, 0.05) is 12.1 Å². The molecular formula is C15H17N3OS. The fourth-order valence-corrected chi connectivity index (χ4v) is 3.60. The Hall–Kier alpha value is -1.62. The molecule has 0 radical (unpaired) electrons. The van der Waals surface area contributed by atoms with Crippen molar-refractivity contribution in [1.82, 2.24) is 14.8 Å². The second kappa shape index (κ2) is 6.22. The van der Waals surface area contributed by atoms with Gasteiger partial charge in [0.25, 0.3) is 0 Å². The summed E-state index contributed by atoms with van der Waals surface area (Å²) in [6.45, 7) is 0. The highest BCUT2D eigenvalue weighted by Gasteiger charge is 2.24. The van der Waals surface area contributed by atoms with Gasteiger partial charge in [0.2, 0.25) is 0 Å². The van der Waals surface area contributed by atoms with Crippen LogP contribution in [0.4, 0.5) is 0 Å². The second-order valence-corrected chi connectivity index (χ2v) is 6.16. The lowest BCUT2D eigenvalue weighted by Gasteiger charge is -2.12. The van der Waals surface area contributed by atoms with Crippen molar-refractivity contribution in [3.05, 3.63) is 36.7 Å². The maximum atomic E-state index is 12.1. The molecule has 0 aliphatic heterocycles. The molecule has 20 heavy (non-hydrogen) atoms. The highest BCUT2D eigenvalue weighted by atomic mass is 32.2. The largest absolute Gasteiger partial charge is 0.298 e. The standard InChI is InChI=1S/C15H17N3OS/c19-13-9-5-2-6-10-14(13)20-15-17-16-11-18(15)12-7-3-1-4-8-12/h1,3-4,7-8,11,14H,2,5-6,9-10H2/t14-/m0/s1. The summed E-state index contributed by atoms with van der Waals surface area (Å²) in [5.41, 5.74) is 1.03. The van der Waals surface area contributed by atoms with Gasteiger partial charge in [-0.05, 0) is 25.0 Å². The first-order valence-corrected chi connectivity index (χ1v) is 7.87. The fourth-order valence-electron chi connectivity index (χ4n) is 2.45. The predicted molar refractivity (Wildman–Crippen MR) is 79.1 cm³/mol. The van der Waals surface area contributed by atoms with Gasteiger partial charge in [0.15, 0.2) is 5.16 Å². The SMILES string of the molecule is O=C1CCCCC[C@@H]1Sc1nncn1-c1ccccc1. The van der Waals surface area contributed by atoms with Crippen LogP contribution in [0.25, 0.3) is 5.69 Å². The molecule has 0 N–H and O–H groups in total. The highest BCUT2D eigenvalue weighted by molar-refractivity contribution is 8.00. The second-order valence-electron chi connectivity index (χ2n) is 4.99. The van der Waals surface area contributed by atoms with E-state index in [2.05, 4.69) is 10.2 Å². The summed E-state index contributed by atoms with van der Waals surface area (Å²) in [5.74, 6) is 0.357. The van der Waals surface area contributed by atoms with E-state index in [-0.39, 0.29) is 5.25 Å². The van der Waals surface area contributed by atoms with E-state index < -0.39 is 0 Å². The summed E-state index contributed by atoms with van der Waals surface area (Å²) in [7, 11) is 0. The zero-order valence-corrected chi connectivity index (χ0v) is 12.1. The van der Waals surface area contributed by atoms with Crippen LogP contribution in [-0.2, 0) is 4.79 Å². The summed E-state index contributed by atoms with van der Waals surface area (Å²) in [6, 6.07) is 9.99. The van der Waals surface area contributed by atoms with Crippen molar-refractivity contribution in [2.75, 3.05) is 0 Å². The third kappa shape index (κ3) is 2.93. The van der Waals surface area contributed by atoms with Crippen molar-refractivity contribution in [2.24, 2.45) is 0 Å². The van der Waals surface area contributed by atoms with Gasteiger partial charge in [-0.1, -0.05) is 42.8 Å². The number of carbonyl (C=O) groups excluding carboxylic acids is 1. The fraction of sp³-hybridized carbons (Fsp3) is 0.400. The lowest BCUT2D eigenvalue weighted by atomic mass is 10.2.